The van der Waals surface area contributed by atoms with Crippen molar-refractivity contribution in [1.29, 1.82) is 0 Å². The number of hydrogen-bond donors (Lipinski definition) is 0. The summed E-state index contributed by atoms with van der Waals surface area (Å²) in [7, 11) is 1.36. The van der Waals surface area contributed by atoms with Crippen LogP contribution in [0.2, 0.25) is 0 Å². The summed E-state index contributed by atoms with van der Waals surface area (Å²) in [6.45, 7) is 8.85. The van der Waals surface area contributed by atoms with Crippen LogP contribution < -0.4 is 0 Å². The third-order valence-electron chi connectivity index (χ3n) is 4.47. The van der Waals surface area contributed by atoms with Crippen molar-refractivity contribution >= 4 is 5.97 Å². The fourth-order valence-electron chi connectivity index (χ4n) is 2.95. The predicted octanol–water partition coefficient (Wildman–Crippen LogP) is 1.39. The Bertz CT molecular complexity index is 671. The predicted molar refractivity (Wildman–Crippen MR) is 88.7 cm³/mol. The highest BCUT2D eigenvalue weighted by molar-refractivity contribution is 5.86. The van der Waals surface area contributed by atoms with Gasteiger partial charge in [-0.3, -0.25) is 9.80 Å². The topological polar surface area (TPSA) is 63.7 Å². The first-order valence-electron chi connectivity index (χ1n) is 8.25. The third-order valence-corrected chi connectivity index (χ3v) is 4.47. The summed E-state index contributed by atoms with van der Waals surface area (Å²) >= 11 is 0. The number of piperazine rings is 1. The number of hydrogen-bond acceptors (Lipinski definition) is 6. The van der Waals surface area contributed by atoms with Crippen molar-refractivity contribution in [2.75, 3.05) is 39.8 Å². The van der Waals surface area contributed by atoms with Crippen molar-refractivity contribution in [2.24, 2.45) is 0 Å². The van der Waals surface area contributed by atoms with Crippen LogP contribution in [0, 0.1) is 6.92 Å². The van der Waals surface area contributed by atoms with Gasteiger partial charge in [-0.05, 0) is 19.1 Å². The Morgan fingerprint density at radius 1 is 1.21 bits per heavy atom. The SMILES string of the molecule is COC(=O)c1ccc(CN2CCN(CCn3ccnc3C)CC2)o1. The van der Waals surface area contributed by atoms with Gasteiger partial charge in [0.15, 0.2) is 0 Å². The van der Waals surface area contributed by atoms with Gasteiger partial charge in [0.2, 0.25) is 5.76 Å². The standard InChI is InChI=1S/C17H24N4O3/c1-14-18-5-6-21(14)12-11-19-7-9-20(10-8-19)13-15-3-4-16(24-15)17(22)23-2/h3-6H,7-13H2,1-2H3. The lowest BCUT2D eigenvalue weighted by Crippen LogP contribution is -2.46. The fourth-order valence-corrected chi connectivity index (χ4v) is 2.95. The molecule has 7 heteroatoms. The van der Waals surface area contributed by atoms with Crippen LogP contribution in [0.4, 0.5) is 0 Å². The van der Waals surface area contributed by atoms with Crippen molar-refractivity contribution in [3.05, 3.63) is 41.9 Å². The second-order valence-electron chi connectivity index (χ2n) is 6.04. The molecular formula is C17H24N4O3. The summed E-state index contributed by atoms with van der Waals surface area (Å²) in [5, 5.41) is 0. The lowest BCUT2D eigenvalue weighted by atomic mass is 10.3. The number of carbonyl (C=O) groups excluding carboxylic acids is 1. The van der Waals surface area contributed by atoms with E-state index in [1.807, 2.05) is 25.4 Å². The molecule has 0 unspecified atom stereocenters. The highest BCUT2D eigenvalue weighted by Gasteiger charge is 2.19. The summed E-state index contributed by atoms with van der Waals surface area (Å²) in [6, 6.07) is 3.52. The smallest absolute Gasteiger partial charge is 0.373 e. The van der Waals surface area contributed by atoms with E-state index in [0.717, 1.165) is 57.4 Å². The van der Waals surface area contributed by atoms with Crippen LogP contribution in [-0.2, 0) is 17.8 Å². The Balaban J connectivity index is 1.42. The molecule has 24 heavy (non-hydrogen) atoms. The van der Waals surface area contributed by atoms with Crippen LogP contribution in [0.15, 0.2) is 28.9 Å². The number of aromatic nitrogens is 2. The van der Waals surface area contributed by atoms with E-state index in [2.05, 4.69) is 24.1 Å². The summed E-state index contributed by atoms with van der Waals surface area (Å²) in [5.41, 5.74) is 0. The number of nitrogens with zero attached hydrogens (tertiary/aromatic N) is 4. The van der Waals surface area contributed by atoms with Crippen LogP contribution in [0.1, 0.15) is 22.1 Å². The zero-order chi connectivity index (χ0) is 16.9. The minimum atomic E-state index is -0.430. The Hall–Kier alpha value is -2.12. The largest absolute Gasteiger partial charge is 0.463 e. The minimum Gasteiger partial charge on any atom is -0.463 e. The molecule has 0 aromatic carbocycles. The fraction of sp³-hybridized carbons (Fsp3) is 0.529. The van der Waals surface area contributed by atoms with Gasteiger partial charge in [0, 0.05) is 51.7 Å². The van der Waals surface area contributed by atoms with Crippen LogP contribution >= 0.6 is 0 Å². The number of ether oxygens (including phenoxy) is 1. The number of imidazole rings is 1. The first-order valence-corrected chi connectivity index (χ1v) is 8.25. The summed E-state index contributed by atoms with van der Waals surface area (Å²) in [5.74, 6) is 1.70. The normalized spacial score (nSPS) is 16.4. The second kappa shape index (κ2) is 7.63. The molecule has 0 radical (unpaired) electrons. The van der Waals surface area contributed by atoms with Gasteiger partial charge in [-0.2, -0.15) is 0 Å². The van der Waals surface area contributed by atoms with E-state index in [1.54, 1.807) is 6.07 Å². The van der Waals surface area contributed by atoms with Gasteiger partial charge in [-0.1, -0.05) is 0 Å². The summed E-state index contributed by atoms with van der Waals surface area (Å²) in [4.78, 5) is 20.5. The molecule has 0 bridgehead atoms. The zero-order valence-corrected chi connectivity index (χ0v) is 14.3. The molecule has 1 aliphatic heterocycles. The van der Waals surface area contributed by atoms with Crippen molar-refractivity contribution in [2.45, 2.75) is 20.0 Å². The van der Waals surface area contributed by atoms with E-state index in [9.17, 15) is 4.79 Å². The second-order valence-corrected chi connectivity index (χ2v) is 6.04. The molecular weight excluding hydrogens is 308 g/mol. The molecule has 0 amide bonds. The third kappa shape index (κ3) is 4.04. The van der Waals surface area contributed by atoms with Gasteiger partial charge in [0.1, 0.15) is 11.6 Å². The van der Waals surface area contributed by atoms with Gasteiger partial charge >= 0.3 is 5.97 Å². The van der Waals surface area contributed by atoms with E-state index in [-0.39, 0.29) is 5.76 Å². The van der Waals surface area contributed by atoms with Crippen molar-refractivity contribution in [3.63, 3.8) is 0 Å². The van der Waals surface area contributed by atoms with Crippen LogP contribution in [0.5, 0.6) is 0 Å². The van der Waals surface area contributed by atoms with Gasteiger partial charge in [-0.25, -0.2) is 9.78 Å². The number of rotatable bonds is 6. The van der Waals surface area contributed by atoms with Crippen molar-refractivity contribution < 1.29 is 13.9 Å². The van der Waals surface area contributed by atoms with Crippen LogP contribution in [-0.4, -0.2) is 65.2 Å². The van der Waals surface area contributed by atoms with Crippen molar-refractivity contribution in [1.82, 2.24) is 19.4 Å². The maximum Gasteiger partial charge on any atom is 0.373 e. The van der Waals surface area contributed by atoms with Crippen LogP contribution in [0.3, 0.4) is 0 Å². The van der Waals surface area contributed by atoms with Crippen molar-refractivity contribution in [3.8, 4) is 0 Å². The lowest BCUT2D eigenvalue weighted by Gasteiger charge is -2.34. The van der Waals surface area contributed by atoms with E-state index in [1.165, 1.54) is 7.11 Å². The quantitative estimate of drug-likeness (QED) is 0.745. The number of furan rings is 1. The number of carbonyl (C=O) groups is 1. The maximum atomic E-state index is 11.4. The highest BCUT2D eigenvalue weighted by Crippen LogP contribution is 2.13. The molecule has 3 rings (SSSR count). The highest BCUT2D eigenvalue weighted by atomic mass is 16.5. The average molecular weight is 332 g/mol. The lowest BCUT2D eigenvalue weighted by molar-refractivity contribution is 0.0559. The summed E-state index contributed by atoms with van der Waals surface area (Å²) in [6.07, 6.45) is 3.88. The molecule has 3 heterocycles. The molecule has 1 fully saturated rings. The number of methoxy groups -OCH3 is 1. The number of aryl methyl sites for hydroxylation is 1. The van der Waals surface area contributed by atoms with E-state index >= 15 is 0 Å². The molecule has 2 aromatic heterocycles. The Morgan fingerprint density at radius 3 is 2.62 bits per heavy atom. The number of esters is 1. The van der Waals surface area contributed by atoms with Crippen LogP contribution in [0.25, 0.3) is 0 Å². The van der Waals surface area contributed by atoms with E-state index < -0.39 is 5.97 Å². The summed E-state index contributed by atoms with van der Waals surface area (Å²) < 4.78 is 12.4. The molecule has 0 saturated carbocycles. The Kier molecular flexibility index (Phi) is 5.32. The molecule has 1 aliphatic rings. The molecule has 2 aromatic rings. The van der Waals surface area contributed by atoms with E-state index in [0.29, 0.717) is 0 Å². The first kappa shape index (κ1) is 16.7. The monoisotopic (exact) mass is 332 g/mol. The molecule has 0 N–H and O–H groups in total. The molecule has 0 atom stereocenters. The molecule has 0 spiro atoms. The zero-order valence-electron chi connectivity index (χ0n) is 14.3. The Morgan fingerprint density at radius 2 is 1.96 bits per heavy atom. The van der Waals surface area contributed by atoms with E-state index in [4.69, 9.17) is 4.42 Å². The van der Waals surface area contributed by atoms with Gasteiger partial charge in [0.05, 0.1) is 13.7 Å². The van der Waals surface area contributed by atoms with Gasteiger partial charge < -0.3 is 13.7 Å². The van der Waals surface area contributed by atoms with Gasteiger partial charge in [-0.15, -0.1) is 0 Å². The molecule has 1 saturated heterocycles. The first-order chi connectivity index (χ1) is 11.7. The average Bonchev–Trinajstić information content (AvgIpc) is 3.23. The molecule has 0 aliphatic carbocycles. The minimum absolute atomic E-state index is 0.266. The molecule has 130 valence electrons. The molecule has 7 nitrogen and oxygen atoms in total. The Labute approximate surface area is 141 Å². The van der Waals surface area contributed by atoms with Gasteiger partial charge in [0.25, 0.3) is 0 Å². The maximum absolute atomic E-state index is 11.4.